The summed E-state index contributed by atoms with van der Waals surface area (Å²) in [7, 11) is -1.59. The largest absolute Gasteiger partial charge is 0.465 e. The first-order chi connectivity index (χ1) is 15.7. The fraction of sp³-hybridized carbons (Fsp3) is 0.286. The molecule has 1 N–H and O–H groups in total. The zero-order valence-corrected chi connectivity index (χ0v) is 19.4. The molecule has 0 aliphatic carbocycles. The van der Waals surface area contributed by atoms with Crippen molar-refractivity contribution in [2.45, 2.75) is 4.90 Å². The zero-order valence-electron chi connectivity index (χ0n) is 17.8. The number of halogens is 1. The van der Waals surface area contributed by atoms with E-state index in [0.29, 0.717) is 0 Å². The van der Waals surface area contributed by atoms with Crippen molar-refractivity contribution in [2.75, 3.05) is 45.8 Å². The number of morpholine rings is 1. The number of ether oxygens (including phenoxy) is 3. The van der Waals surface area contributed by atoms with E-state index in [4.69, 9.17) is 16.3 Å². The van der Waals surface area contributed by atoms with E-state index in [1.165, 1.54) is 54.9 Å². The monoisotopic (exact) mass is 496 g/mol. The number of esters is 2. The summed E-state index contributed by atoms with van der Waals surface area (Å²) >= 11 is 6.14. The molecule has 3 rings (SSSR count). The number of nitrogens with zero attached hydrogens (tertiary/aromatic N) is 1. The van der Waals surface area contributed by atoms with Crippen molar-refractivity contribution in [1.29, 1.82) is 0 Å². The van der Waals surface area contributed by atoms with E-state index in [9.17, 15) is 22.8 Å². The van der Waals surface area contributed by atoms with Crippen molar-refractivity contribution in [3.8, 4) is 0 Å². The van der Waals surface area contributed by atoms with Crippen molar-refractivity contribution in [3.63, 3.8) is 0 Å². The summed E-state index contributed by atoms with van der Waals surface area (Å²) in [5.74, 6) is -2.12. The van der Waals surface area contributed by atoms with Crippen LogP contribution in [0.4, 0.5) is 5.69 Å². The third kappa shape index (κ3) is 5.50. The summed E-state index contributed by atoms with van der Waals surface area (Å²) in [4.78, 5) is 36.5. The van der Waals surface area contributed by atoms with Crippen molar-refractivity contribution in [2.24, 2.45) is 0 Å². The van der Waals surface area contributed by atoms with Crippen LogP contribution >= 0.6 is 11.6 Å². The molecule has 2 aromatic rings. The molecule has 0 aromatic heterocycles. The van der Waals surface area contributed by atoms with Crippen molar-refractivity contribution in [3.05, 3.63) is 58.1 Å². The lowest BCUT2D eigenvalue weighted by Crippen LogP contribution is -2.40. The number of carbonyl (C=O) groups is 3. The van der Waals surface area contributed by atoms with Crippen LogP contribution in [0.25, 0.3) is 0 Å². The van der Waals surface area contributed by atoms with Gasteiger partial charge in [-0.2, -0.15) is 4.31 Å². The molecule has 12 heteroatoms. The maximum atomic E-state index is 13.0. The van der Waals surface area contributed by atoms with E-state index in [1.54, 1.807) is 0 Å². The Morgan fingerprint density at radius 2 is 1.52 bits per heavy atom. The zero-order chi connectivity index (χ0) is 24.2. The fourth-order valence-corrected chi connectivity index (χ4v) is 5.05. The van der Waals surface area contributed by atoms with E-state index in [0.717, 1.165) is 0 Å². The van der Waals surface area contributed by atoms with Crippen molar-refractivity contribution < 1.29 is 37.0 Å². The highest BCUT2D eigenvalue weighted by atomic mass is 35.5. The van der Waals surface area contributed by atoms with Gasteiger partial charge in [-0.3, -0.25) is 4.79 Å². The van der Waals surface area contributed by atoms with Crippen LogP contribution in [0.15, 0.2) is 41.3 Å². The quantitative estimate of drug-likeness (QED) is 0.602. The highest BCUT2D eigenvalue weighted by Gasteiger charge is 2.29. The van der Waals surface area contributed by atoms with Gasteiger partial charge in [-0.1, -0.05) is 11.6 Å². The minimum atomic E-state index is -3.95. The summed E-state index contributed by atoms with van der Waals surface area (Å²) in [5, 5.41) is 2.52. The van der Waals surface area contributed by atoms with Crippen LogP contribution in [0.3, 0.4) is 0 Å². The van der Waals surface area contributed by atoms with E-state index in [-0.39, 0.29) is 58.6 Å². The second-order valence-electron chi connectivity index (χ2n) is 6.90. The standard InChI is InChI=1S/C21H21ClN2O8S/c1-30-20(26)14-9-15(21(27)31-2)11-16(10-14)23-19(25)13-3-4-17(22)18(12-13)33(28,29)24-5-7-32-8-6-24/h3-4,9-12H,5-8H2,1-2H3,(H,23,25). The molecule has 1 aliphatic heterocycles. The highest BCUT2D eigenvalue weighted by molar-refractivity contribution is 7.89. The average molecular weight is 497 g/mol. The predicted octanol–water partition coefficient (Wildman–Crippen LogP) is 2.19. The van der Waals surface area contributed by atoms with Crippen LogP contribution in [0, 0.1) is 0 Å². The molecule has 1 aliphatic rings. The first-order valence-electron chi connectivity index (χ1n) is 9.68. The lowest BCUT2D eigenvalue weighted by Gasteiger charge is -2.26. The average Bonchev–Trinajstić information content (AvgIpc) is 2.83. The molecule has 1 amide bonds. The first kappa shape index (κ1) is 24.6. The summed E-state index contributed by atoms with van der Waals surface area (Å²) < 4.78 is 41.8. The smallest absolute Gasteiger partial charge is 0.337 e. The van der Waals surface area contributed by atoms with E-state index in [1.807, 2.05) is 0 Å². The number of carbonyl (C=O) groups excluding carboxylic acids is 3. The summed E-state index contributed by atoms with van der Waals surface area (Å²) in [6.45, 7) is 0.865. The predicted molar refractivity (Wildman–Crippen MR) is 118 cm³/mol. The number of amides is 1. The minimum Gasteiger partial charge on any atom is -0.465 e. The molecule has 0 unspecified atom stereocenters. The summed E-state index contributed by atoms with van der Waals surface area (Å²) in [5.41, 5.74) is 0.148. The third-order valence-electron chi connectivity index (χ3n) is 4.81. The Labute approximate surface area is 195 Å². The molecule has 10 nitrogen and oxygen atoms in total. The number of sulfonamides is 1. The van der Waals surface area contributed by atoms with Gasteiger partial charge < -0.3 is 19.5 Å². The Morgan fingerprint density at radius 1 is 0.939 bits per heavy atom. The molecular formula is C21H21ClN2O8S. The molecular weight excluding hydrogens is 476 g/mol. The number of hydrogen-bond acceptors (Lipinski definition) is 8. The molecule has 176 valence electrons. The first-order valence-corrected chi connectivity index (χ1v) is 11.5. The van der Waals surface area contributed by atoms with Gasteiger partial charge in [-0.05, 0) is 36.4 Å². The van der Waals surface area contributed by atoms with E-state index >= 15 is 0 Å². The van der Waals surface area contributed by atoms with Crippen LogP contribution in [0.5, 0.6) is 0 Å². The second kappa shape index (κ2) is 10.3. The van der Waals surface area contributed by atoms with Gasteiger partial charge in [-0.15, -0.1) is 0 Å². The number of nitrogens with one attached hydrogen (secondary N) is 1. The number of methoxy groups -OCH3 is 2. The summed E-state index contributed by atoms with van der Waals surface area (Å²) in [6, 6.07) is 7.75. The molecule has 33 heavy (non-hydrogen) atoms. The van der Waals surface area contributed by atoms with Crippen LogP contribution in [-0.4, -0.2) is 71.1 Å². The second-order valence-corrected chi connectivity index (χ2v) is 9.21. The molecule has 1 fully saturated rings. The fourth-order valence-electron chi connectivity index (χ4n) is 3.14. The molecule has 1 heterocycles. The van der Waals surface area contributed by atoms with E-state index in [2.05, 4.69) is 14.8 Å². The molecule has 1 saturated heterocycles. The normalized spacial score (nSPS) is 14.4. The van der Waals surface area contributed by atoms with E-state index < -0.39 is 27.9 Å². The van der Waals surface area contributed by atoms with Crippen molar-refractivity contribution >= 4 is 45.2 Å². The molecule has 0 radical (unpaired) electrons. The molecule has 0 bridgehead atoms. The minimum absolute atomic E-state index is 0.00863. The van der Waals surface area contributed by atoms with Crippen LogP contribution < -0.4 is 5.32 Å². The number of hydrogen-bond donors (Lipinski definition) is 1. The van der Waals surface area contributed by atoms with Gasteiger partial charge in [0.15, 0.2) is 0 Å². The maximum Gasteiger partial charge on any atom is 0.337 e. The highest BCUT2D eigenvalue weighted by Crippen LogP contribution is 2.27. The molecule has 0 saturated carbocycles. The van der Waals surface area contributed by atoms with Gasteiger partial charge in [0.1, 0.15) is 4.90 Å². The Hall–Kier alpha value is -2.99. The van der Waals surface area contributed by atoms with Gasteiger partial charge >= 0.3 is 11.9 Å². The molecule has 2 aromatic carbocycles. The maximum absolute atomic E-state index is 13.0. The topological polar surface area (TPSA) is 128 Å². The lowest BCUT2D eigenvalue weighted by atomic mass is 10.1. The Morgan fingerprint density at radius 3 is 2.06 bits per heavy atom. The van der Waals surface area contributed by atoms with Gasteiger partial charge in [0, 0.05) is 24.3 Å². The Balaban J connectivity index is 1.93. The third-order valence-corrected chi connectivity index (χ3v) is 7.19. The lowest BCUT2D eigenvalue weighted by molar-refractivity contribution is 0.0598. The van der Waals surface area contributed by atoms with Crippen LogP contribution in [-0.2, 0) is 24.2 Å². The van der Waals surface area contributed by atoms with Gasteiger partial charge in [0.2, 0.25) is 10.0 Å². The van der Waals surface area contributed by atoms with Crippen LogP contribution in [0.2, 0.25) is 5.02 Å². The SMILES string of the molecule is COC(=O)c1cc(NC(=O)c2ccc(Cl)c(S(=O)(=O)N3CCOCC3)c2)cc(C(=O)OC)c1. The number of rotatable bonds is 6. The number of benzene rings is 2. The summed E-state index contributed by atoms with van der Waals surface area (Å²) in [6.07, 6.45) is 0. The van der Waals surface area contributed by atoms with Gasteiger partial charge in [0.25, 0.3) is 5.91 Å². The molecule has 0 spiro atoms. The van der Waals surface area contributed by atoms with Crippen LogP contribution in [0.1, 0.15) is 31.1 Å². The molecule has 0 atom stereocenters. The Kier molecular flexibility index (Phi) is 7.69. The van der Waals surface area contributed by atoms with Crippen molar-refractivity contribution in [1.82, 2.24) is 4.31 Å². The Bertz CT molecular complexity index is 1160. The van der Waals surface area contributed by atoms with Gasteiger partial charge in [0.05, 0.1) is 43.6 Å². The van der Waals surface area contributed by atoms with Gasteiger partial charge in [-0.25, -0.2) is 18.0 Å². The number of anilines is 1.